The van der Waals surface area contributed by atoms with Crippen molar-refractivity contribution in [2.24, 2.45) is 5.73 Å². The number of primary amides is 1. The summed E-state index contributed by atoms with van der Waals surface area (Å²) in [6.45, 7) is 2.80. The predicted octanol–water partition coefficient (Wildman–Crippen LogP) is 0.718. The number of aliphatic carboxylic acids is 1. The van der Waals surface area contributed by atoms with Gasteiger partial charge in [-0.15, -0.1) is 0 Å². The normalized spacial score (nSPS) is 12.3. The van der Waals surface area contributed by atoms with Crippen LogP contribution in [0.3, 0.4) is 0 Å². The van der Waals surface area contributed by atoms with E-state index in [0.29, 0.717) is 5.56 Å². The van der Waals surface area contributed by atoms with Crippen molar-refractivity contribution in [1.82, 2.24) is 10.2 Å². The van der Waals surface area contributed by atoms with E-state index in [9.17, 15) is 19.5 Å². The lowest BCUT2D eigenvalue weighted by Gasteiger charge is -2.34. The highest BCUT2D eigenvalue weighted by molar-refractivity contribution is 5.91. The number of carbonyl (C=O) groups is 3. The number of carboxylic acids is 1. The van der Waals surface area contributed by atoms with Gasteiger partial charge in [-0.2, -0.15) is 0 Å². The molecule has 0 aliphatic rings. The van der Waals surface area contributed by atoms with Crippen LogP contribution in [-0.4, -0.2) is 40.5 Å². The Hall–Kier alpha value is -2.57. The predicted molar refractivity (Wildman–Crippen MR) is 76.4 cm³/mol. The Morgan fingerprint density at radius 2 is 1.76 bits per heavy atom. The summed E-state index contributed by atoms with van der Waals surface area (Å²) in [5.74, 6) is -1.71. The van der Waals surface area contributed by atoms with E-state index in [1.54, 1.807) is 30.3 Å². The van der Waals surface area contributed by atoms with Gasteiger partial charge in [0, 0.05) is 7.05 Å². The third kappa shape index (κ3) is 3.71. The van der Waals surface area contributed by atoms with Crippen molar-refractivity contribution in [1.29, 1.82) is 0 Å². The zero-order valence-electron chi connectivity index (χ0n) is 12.2. The second-order valence-corrected chi connectivity index (χ2v) is 5.11. The molecular weight excluding hydrogens is 274 g/mol. The summed E-state index contributed by atoms with van der Waals surface area (Å²) in [4.78, 5) is 36.0. The van der Waals surface area contributed by atoms with Gasteiger partial charge in [0.15, 0.2) is 0 Å². The number of carbonyl (C=O) groups excluding carboxylic acids is 2. The minimum absolute atomic E-state index is 0.523. The molecule has 0 aliphatic heterocycles. The van der Waals surface area contributed by atoms with Crippen molar-refractivity contribution in [3.63, 3.8) is 0 Å². The molecule has 0 fully saturated rings. The van der Waals surface area contributed by atoms with E-state index in [1.165, 1.54) is 20.9 Å². The molecule has 1 aromatic rings. The van der Waals surface area contributed by atoms with Crippen LogP contribution in [0.15, 0.2) is 30.3 Å². The molecule has 0 radical (unpaired) electrons. The molecule has 0 bridgehead atoms. The van der Waals surface area contributed by atoms with Gasteiger partial charge in [-0.05, 0) is 19.4 Å². The molecule has 21 heavy (non-hydrogen) atoms. The molecule has 1 unspecified atom stereocenters. The number of nitrogens with one attached hydrogen (secondary N) is 1. The first-order valence-electron chi connectivity index (χ1n) is 6.30. The number of amides is 3. The van der Waals surface area contributed by atoms with E-state index >= 15 is 0 Å². The van der Waals surface area contributed by atoms with Gasteiger partial charge in [0.25, 0.3) is 5.91 Å². The van der Waals surface area contributed by atoms with Crippen molar-refractivity contribution >= 4 is 17.9 Å². The summed E-state index contributed by atoms with van der Waals surface area (Å²) in [7, 11) is 1.37. The summed E-state index contributed by atoms with van der Waals surface area (Å²) in [6, 6.07) is 6.59. The van der Waals surface area contributed by atoms with Crippen molar-refractivity contribution in [3.8, 4) is 0 Å². The quantitative estimate of drug-likeness (QED) is 0.742. The number of hydrogen-bond donors (Lipinski definition) is 3. The maximum Gasteiger partial charge on any atom is 0.329 e. The summed E-state index contributed by atoms with van der Waals surface area (Å²) < 4.78 is 0. The molecule has 0 saturated heterocycles. The molecule has 3 amide bonds. The van der Waals surface area contributed by atoms with Crippen molar-refractivity contribution < 1.29 is 19.5 Å². The number of benzene rings is 1. The van der Waals surface area contributed by atoms with E-state index in [2.05, 4.69) is 5.32 Å². The third-order valence-electron chi connectivity index (χ3n) is 3.36. The highest BCUT2D eigenvalue weighted by atomic mass is 16.4. The van der Waals surface area contributed by atoms with Crippen molar-refractivity contribution in [3.05, 3.63) is 35.9 Å². The average Bonchev–Trinajstić information content (AvgIpc) is 2.43. The molecule has 1 aromatic carbocycles. The highest BCUT2D eigenvalue weighted by Crippen LogP contribution is 2.21. The first-order chi connectivity index (χ1) is 9.67. The Bertz CT molecular complexity index is 542. The summed E-state index contributed by atoms with van der Waals surface area (Å²) in [6.07, 6.45) is 0. The molecule has 4 N–H and O–H groups in total. The van der Waals surface area contributed by atoms with Gasteiger partial charge in [-0.3, -0.25) is 4.79 Å². The van der Waals surface area contributed by atoms with Gasteiger partial charge < -0.3 is 21.1 Å². The van der Waals surface area contributed by atoms with E-state index in [4.69, 9.17) is 5.73 Å². The van der Waals surface area contributed by atoms with Gasteiger partial charge >= 0.3 is 12.0 Å². The van der Waals surface area contributed by atoms with Crippen LogP contribution in [0.25, 0.3) is 0 Å². The van der Waals surface area contributed by atoms with E-state index in [-0.39, 0.29) is 0 Å². The molecule has 7 nitrogen and oxygen atoms in total. The number of likely N-dealkylation sites (N-methyl/N-ethyl adjacent to an activating group) is 1. The number of carboxylic acid groups (broad SMARTS) is 1. The molecule has 0 aromatic heterocycles. The maximum absolute atomic E-state index is 12.5. The minimum atomic E-state index is -1.41. The van der Waals surface area contributed by atoms with Crippen molar-refractivity contribution in [2.45, 2.75) is 25.4 Å². The highest BCUT2D eigenvalue weighted by Gasteiger charge is 2.38. The van der Waals surface area contributed by atoms with Crippen LogP contribution in [0.4, 0.5) is 4.79 Å². The fraction of sp³-hybridized carbons (Fsp3) is 0.357. The number of rotatable bonds is 5. The Morgan fingerprint density at radius 1 is 1.24 bits per heavy atom. The first kappa shape index (κ1) is 16.5. The van der Waals surface area contributed by atoms with Crippen LogP contribution >= 0.6 is 0 Å². The molecule has 1 atom stereocenters. The SMILES string of the molecule is CN(C(=O)C(NC(N)=O)c1ccccc1)C(C)(C)C(=O)O. The van der Waals surface area contributed by atoms with E-state index in [0.717, 1.165) is 4.90 Å². The number of urea groups is 1. The summed E-state index contributed by atoms with van der Waals surface area (Å²) >= 11 is 0. The standard InChI is InChI=1S/C14H19N3O4/c1-14(2,12(19)20)17(3)11(18)10(16-13(15)21)9-7-5-4-6-8-9/h4-8,10H,1-3H3,(H,19,20)(H3,15,16,21). The largest absolute Gasteiger partial charge is 0.480 e. The lowest BCUT2D eigenvalue weighted by atomic mass is 10.00. The second kappa shape index (κ2) is 6.25. The van der Waals surface area contributed by atoms with Gasteiger partial charge in [-0.1, -0.05) is 30.3 Å². The average molecular weight is 293 g/mol. The van der Waals surface area contributed by atoms with Gasteiger partial charge in [0.1, 0.15) is 11.6 Å². The van der Waals surface area contributed by atoms with Crippen LogP contribution in [0.1, 0.15) is 25.5 Å². The van der Waals surface area contributed by atoms with Gasteiger partial charge in [-0.25, -0.2) is 9.59 Å². The Labute approximate surface area is 122 Å². The molecule has 7 heteroatoms. The summed E-state index contributed by atoms with van der Waals surface area (Å²) in [5.41, 5.74) is 4.21. The Morgan fingerprint density at radius 3 is 2.19 bits per heavy atom. The zero-order valence-corrected chi connectivity index (χ0v) is 12.2. The number of hydrogen-bond acceptors (Lipinski definition) is 3. The lowest BCUT2D eigenvalue weighted by molar-refractivity contribution is -0.156. The lowest BCUT2D eigenvalue weighted by Crippen LogP contribution is -2.54. The van der Waals surface area contributed by atoms with Crippen molar-refractivity contribution in [2.75, 3.05) is 7.05 Å². The monoisotopic (exact) mass is 293 g/mol. The first-order valence-corrected chi connectivity index (χ1v) is 6.30. The molecular formula is C14H19N3O4. The molecule has 0 spiro atoms. The van der Waals surface area contributed by atoms with Crippen LogP contribution in [0.2, 0.25) is 0 Å². The van der Waals surface area contributed by atoms with E-state index < -0.39 is 29.5 Å². The molecule has 114 valence electrons. The Kier molecular flexibility index (Phi) is 4.91. The van der Waals surface area contributed by atoms with E-state index in [1.807, 2.05) is 0 Å². The topological polar surface area (TPSA) is 113 Å². The number of nitrogens with zero attached hydrogens (tertiary/aromatic N) is 1. The smallest absolute Gasteiger partial charge is 0.329 e. The fourth-order valence-electron chi connectivity index (χ4n) is 1.69. The molecule has 0 heterocycles. The van der Waals surface area contributed by atoms with Crippen LogP contribution < -0.4 is 11.1 Å². The van der Waals surface area contributed by atoms with Gasteiger partial charge in [0.2, 0.25) is 0 Å². The third-order valence-corrected chi connectivity index (χ3v) is 3.36. The van der Waals surface area contributed by atoms with Crippen LogP contribution in [-0.2, 0) is 9.59 Å². The van der Waals surface area contributed by atoms with Crippen LogP contribution in [0.5, 0.6) is 0 Å². The Balaban J connectivity index is 3.12. The van der Waals surface area contributed by atoms with Gasteiger partial charge in [0.05, 0.1) is 0 Å². The maximum atomic E-state index is 12.5. The molecule has 0 aliphatic carbocycles. The zero-order chi connectivity index (χ0) is 16.2. The minimum Gasteiger partial charge on any atom is -0.480 e. The molecule has 0 saturated carbocycles. The van der Waals surface area contributed by atoms with Crippen LogP contribution in [0, 0.1) is 0 Å². The fourth-order valence-corrected chi connectivity index (χ4v) is 1.69. The number of nitrogens with two attached hydrogens (primary N) is 1. The molecule has 1 rings (SSSR count). The second-order valence-electron chi connectivity index (χ2n) is 5.11. The summed E-state index contributed by atoms with van der Waals surface area (Å²) in [5, 5.41) is 11.5.